The molecular formula is C10H21NOS. The summed E-state index contributed by atoms with van der Waals surface area (Å²) in [4.78, 5) is 0. The van der Waals surface area contributed by atoms with Crippen LogP contribution >= 0.6 is 0 Å². The second-order valence-electron chi connectivity index (χ2n) is 4.11. The molecule has 0 aromatic heterocycles. The zero-order valence-corrected chi connectivity index (χ0v) is 9.31. The summed E-state index contributed by atoms with van der Waals surface area (Å²) in [5.41, 5.74) is 5.63. The molecule has 0 spiro atoms. The first kappa shape index (κ1) is 11.2. The molecule has 1 aliphatic rings. The Morgan fingerprint density at radius 2 is 2.08 bits per heavy atom. The fraction of sp³-hybridized carbons (Fsp3) is 1.00. The van der Waals surface area contributed by atoms with Gasteiger partial charge in [0.1, 0.15) is 0 Å². The maximum atomic E-state index is 11.7. The minimum Gasteiger partial charge on any atom is -0.328 e. The fourth-order valence-electron chi connectivity index (χ4n) is 1.87. The van der Waals surface area contributed by atoms with Crippen LogP contribution in [0.5, 0.6) is 0 Å². The van der Waals surface area contributed by atoms with E-state index in [1.165, 1.54) is 25.7 Å². The lowest BCUT2D eigenvalue weighted by atomic mass is 10.2. The molecule has 78 valence electrons. The molecule has 0 bridgehead atoms. The van der Waals surface area contributed by atoms with E-state index in [0.29, 0.717) is 5.25 Å². The van der Waals surface area contributed by atoms with Crippen molar-refractivity contribution in [1.29, 1.82) is 0 Å². The highest BCUT2D eigenvalue weighted by Crippen LogP contribution is 2.23. The molecule has 3 heteroatoms. The van der Waals surface area contributed by atoms with Crippen LogP contribution in [0.3, 0.4) is 0 Å². The molecule has 0 saturated heterocycles. The van der Waals surface area contributed by atoms with Crippen LogP contribution in [0, 0.1) is 0 Å². The average Bonchev–Trinajstić information content (AvgIpc) is 2.55. The van der Waals surface area contributed by atoms with Gasteiger partial charge in [-0.3, -0.25) is 4.21 Å². The number of nitrogens with two attached hydrogens (primary N) is 1. The Bertz CT molecular complexity index is 164. The predicted molar refractivity (Wildman–Crippen MR) is 58.1 cm³/mol. The van der Waals surface area contributed by atoms with E-state index in [2.05, 4.69) is 0 Å². The molecule has 1 fully saturated rings. The van der Waals surface area contributed by atoms with E-state index in [1.807, 2.05) is 6.92 Å². The van der Waals surface area contributed by atoms with Gasteiger partial charge in [-0.25, -0.2) is 0 Å². The molecule has 0 aromatic rings. The predicted octanol–water partition coefficient (Wildman–Crippen LogP) is 1.81. The maximum absolute atomic E-state index is 11.7. The van der Waals surface area contributed by atoms with Crippen molar-refractivity contribution in [3.05, 3.63) is 0 Å². The normalized spacial score (nSPS) is 23.2. The summed E-state index contributed by atoms with van der Waals surface area (Å²) < 4.78 is 11.7. The van der Waals surface area contributed by atoms with Gasteiger partial charge in [0.25, 0.3) is 0 Å². The van der Waals surface area contributed by atoms with Gasteiger partial charge in [-0.1, -0.05) is 12.8 Å². The Kier molecular flexibility index (Phi) is 4.96. The van der Waals surface area contributed by atoms with Crippen LogP contribution in [0.4, 0.5) is 0 Å². The molecule has 13 heavy (non-hydrogen) atoms. The molecule has 0 amide bonds. The molecule has 2 nitrogen and oxygen atoms in total. The highest BCUT2D eigenvalue weighted by Gasteiger charge is 2.20. The zero-order valence-electron chi connectivity index (χ0n) is 8.50. The summed E-state index contributed by atoms with van der Waals surface area (Å²) in [5, 5.41) is 0.507. The van der Waals surface area contributed by atoms with Gasteiger partial charge in [-0.15, -0.1) is 0 Å². The molecule has 0 radical (unpaired) electrons. The lowest BCUT2D eigenvalue weighted by molar-refractivity contribution is 0.637. The summed E-state index contributed by atoms with van der Waals surface area (Å²) in [7, 11) is -0.567. The van der Waals surface area contributed by atoms with Gasteiger partial charge in [-0.2, -0.15) is 0 Å². The number of hydrogen-bond acceptors (Lipinski definition) is 2. The van der Waals surface area contributed by atoms with Crippen molar-refractivity contribution in [1.82, 2.24) is 0 Å². The first-order chi connectivity index (χ1) is 6.20. The smallest absolute Gasteiger partial charge is 0.0348 e. The van der Waals surface area contributed by atoms with Gasteiger partial charge < -0.3 is 5.73 Å². The molecule has 2 unspecified atom stereocenters. The third-order valence-corrected chi connectivity index (χ3v) is 4.58. The van der Waals surface area contributed by atoms with Gasteiger partial charge in [0, 0.05) is 27.8 Å². The van der Waals surface area contributed by atoms with Crippen molar-refractivity contribution in [2.24, 2.45) is 5.73 Å². The van der Waals surface area contributed by atoms with Crippen molar-refractivity contribution in [3.8, 4) is 0 Å². The summed E-state index contributed by atoms with van der Waals surface area (Å²) in [6.07, 6.45) is 6.97. The first-order valence-corrected chi connectivity index (χ1v) is 6.71. The van der Waals surface area contributed by atoms with Gasteiger partial charge in [0.05, 0.1) is 0 Å². The van der Waals surface area contributed by atoms with Crippen LogP contribution in [0.25, 0.3) is 0 Å². The largest absolute Gasteiger partial charge is 0.328 e. The quantitative estimate of drug-likeness (QED) is 0.740. The maximum Gasteiger partial charge on any atom is 0.0348 e. The Hall–Kier alpha value is 0.110. The Morgan fingerprint density at radius 1 is 1.46 bits per heavy atom. The molecule has 0 aliphatic heterocycles. The topological polar surface area (TPSA) is 43.1 Å². The molecule has 1 saturated carbocycles. The summed E-state index contributed by atoms with van der Waals surface area (Å²) in [6, 6.07) is 0.264. The first-order valence-electron chi connectivity index (χ1n) is 5.33. The third kappa shape index (κ3) is 4.23. The summed E-state index contributed by atoms with van der Waals surface area (Å²) >= 11 is 0. The average molecular weight is 203 g/mol. The van der Waals surface area contributed by atoms with E-state index >= 15 is 0 Å². The van der Waals surface area contributed by atoms with E-state index in [1.54, 1.807) is 0 Å². The van der Waals surface area contributed by atoms with Crippen LogP contribution in [0.2, 0.25) is 0 Å². The molecule has 2 N–H and O–H groups in total. The third-order valence-electron chi connectivity index (χ3n) is 2.68. The Labute approximate surface area is 83.7 Å². The molecule has 1 aliphatic carbocycles. The molecule has 0 aromatic carbocycles. The molecule has 2 atom stereocenters. The van der Waals surface area contributed by atoms with Gasteiger partial charge in [-0.05, 0) is 32.6 Å². The van der Waals surface area contributed by atoms with Gasteiger partial charge in [0.2, 0.25) is 0 Å². The van der Waals surface area contributed by atoms with Crippen molar-refractivity contribution >= 4 is 10.8 Å². The minimum absolute atomic E-state index is 0.264. The van der Waals surface area contributed by atoms with Crippen LogP contribution in [-0.2, 0) is 10.8 Å². The monoisotopic (exact) mass is 203 g/mol. The summed E-state index contributed by atoms with van der Waals surface area (Å²) in [5.74, 6) is 0.867. The highest BCUT2D eigenvalue weighted by atomic mass is 32.2. The van der Waals surface area contributed by atoms with Crippen LogP contribution < -0.4 is 5.73 Å². The Balaban J connectivity index is 2.10. The van der Waals surface area contributed by atoms with Crippen molar-refractivity contribution < 1.29 is 4.21 Å². The van der Waals surface area contributed by atoms with Gasteiger partial charge in [0.15, 0.2) is 0 Å². The number of hydrogen-bond donors (Lipinski definition) is 1. The lowest BCUT2D eigenvalue weighted by Gasteiger charge is -2.09. The van der Waals surface area contributed by atoms with E-state index in [-0.39, 0.29) is 6.04 Å². The summed E-state index contributed by atoms with van der Waals surface area (Å²) in [6.45, 7) is 2.01. The highest BCUT2D eigenvalue weighted by molar-refractivity contribution is 7.85. The van der Waals surface area contributed by atoms with Crippen molar-refractivity contribution in [2.75, 3.05) is 5.75 Å². The SMILES string of the molecule is CC(N)CCCS(=O)C1CCCC1. The van der Waals surface area contributed by atoms with Crippen molar-refractivity contribution in [2.45, 2.75) is 56.7 Å². The van der Waals surface area contributed by atoms with E-state index < -0.39 is 10.8 Å². The molecule has 1 rings (SSSR count). The fourth-order valence-corrected chi connectivity index (χ4v) is 3.51. The van der Waals surface area contributed by atoms with Crippen LogP contribution in [0.15, 0.2) is 0 Å². The van der Waals surface area contributed by atoms with Crippen LogP contribution in [0.1, 0.15) is 45.4 Å². The minimum atomic E-state index is -0.567. The van der Waals surface area contributed by atoms with Gasteiger partial charge >= 0.3 is 0 Å². The number of rotatable bonds is 5. The standard InChI is InChI=1S/C10H21NOS/c1-9(11)5-4-8-13(12)10-6-2-3-7-10/h9-10H,2-8,11H2,1H3. The second-order valence-corrected chi connectivity index (χ2v) is 5.95. The van der Waals surface area contributed by atoms with E-state index in [9.17, 15) is 4.21 Å². The lowest BCUT2D eigenvalue weighted by Crippen LogP contribution is -2.18. The Morgan fingerprint density at radius 3 is 2.62 bits per heavy atom. The zero-order chi connectivity index (χ0) is 9.68. The second kappa shape index (κ2) is 5.76. The van der Waals surface area contributed by atoms with E-state index in [4.69, 9.17) is 5.73 Å². The van der Waals surface area contributed by atoms with E-state index in [0.717, 1.165) is 18.6 Å². The van der Waals surface area contributed by atoms with Crippen molar-refractivity contribution in [3.63, 3.8) is 0 Å². The molecule has 0 heterocycles. The van der Waals surface area contributed by atoms with Crippen LogP contribution in [-0.4, -0.2) is 21.3 Å². The molecular weight excluding hydrogens is 182 g/mol.